The molecule has 1 N–H and O–H groups in total. The molecular formula is C20H16F3N3O4. The van der Waals surface area contributed by atoms with Crippen LogP contribution in [0.25, 0.3) is 11.5 Å². The second-order valence-electron chi connectivity index (χ2n) is 6.30. The Hall–Kier alpha value is -3.69. The summed E-state index contributed by atoms with van der Waals surface area (Å²) in [6, 6.07) is 11.0. The lowest BCUT2D eigenvalue weighted by Gasteiger charge is -2.08. The number of aryl methyl sites for hydroxylation is 1. The Morgan fingerprint density at radius 2 is 1.73 bits per heavy atom. The van der Waals surface area contributed by atoms with Crippen LogP contribution in [0.2, 0.25) is 0 Å². The molecule has 2 aromatic carbocycles. The first-order valence-electron chi connectivity index (χ1n) is 8.73. The number of nitrogens with one attached hydrogen (secondary N) is 1. The number of hydrogen-bond donors (Lipinski definition) is 1. The van der Waals surface area contributed by atoms with E-state index in [1.165, 1.54) is 0 Å². The minimum atomic E-state index is -4.49. The fraction of sp³-hybridized carbons (Fsp3) is 0.200. The number of nitrogens with zero attached hydrogens (tertiary/aromatic N) is 2. The van der Waals surface area contributed by atoms with Crippen LogP contribution in [0.4, 0.5) is 13.2 Å². The van der Waals surface area contributed by atoms with E-state index in [9.17, 15) is 22.8 Å². The number of halogens is 3. The van der Waals surface area contributed by atoms with Gasteiger partial charge in [-0.3, -0.25) is 9.59 Å². The summed E-state index contributed by atoms with van der Waals surface area (Å²) in [4.78, 5) is 27.8. The topological polar surface area (TPSA) is 94.3 Å². The van der Waals surface area contributed by atoms with Crippen LogP contribution in [-0.4, -0.2) is 28.6 Å². The number of rotatable bonds is 6. The Morgan fingerprint density at radius 1 is 1.07 bits per heavy atom. The Balaban J connectivity index is 1.47. The van der Waals surface area contributed by atoms with Crippen LogP contribution < -0.4 is 5.32 Å². The van der Waals surface area contributed by atoms with Gasteiger partial charge in [0.1, 0.15) is 6.54 Å². The molecule has 0 bridgehead atoms. The zero-order valence-electron chi connectivity index (χ0n) is 15.7. The van der Waals surface area contributed by atoms with Gasteiger partial charge in [0.05, 0.1) is 5.56 Å². The molecule has 3 rings (SSSR count). The van der Waals surface area contributed by atoms with Crippen molar-refractivity contribution in [2.45, 2.75) is 19.7 Å². The molecule has 0 spiro atoms. The minimum Gasteiger partial charge on any atom is -0.456 e. The standard InChI is InChI=1S/C20H16F3N3O4/c1-12-2-4-14(5-3-12)19-25-16(26-30-19)11-29-17(27)10-24-18(28)13-6-8-15(9-7-13)20(21,22)23/h2-9H,10-11H2,1H3,(H,24,28). The molecule has 0 radical (unpaired) electrons. The first-order chi connectivity index (χ1) is 14.2. The first-order valence-corrected chi connectivity index (χ1v) is 8.73. The van der Waals surface area contributed by atoms with Gasteiger partial charge in [-0.2, -0.15) is 18.2 Å². The van der Waals surface area contributed by atoms with Crippen molar-refractivity contribution >= 4 is 11.9 Å². The quantitative estimate of drug-likeness (QED) is 0.615. The average Bonchev–Trinajstić information content (AvgIpc) is 3.19. The molecule has 1 aromatic heterocycles. The van der Waals surface area contributed by atoms with E-state index in [2.05, 4.69) is 15.5 Å². The highest BCUT2D eigenvalue weighted by atomic mass is 19.4. The summed E-state index contributed by atoms with van der Waals surface area (Å²) >= 11 is 0. The molecule has 3 aromatic rings. The molecule has 0 fully saturated rings. The Kier molecular flexibility index (Phi) is 6.14. The van der Waals surface area contributed by atoms with Gasteiger partial charge in [0.15, 0.2) is 6.61 Å². The van der Waals surface area contributed by atoms with Crippen LogP contribution in [-0.2, 0) is 22.3 Å². The second-order valence-corrected chi connectivity index (χ2v) is 6.30. The monoisotopic (exact) mass is 419 g/mol. The number of carbonyl (C=O) groups excluding carboxylic acids is 2. The van der Waals surface area contributed by atoms with Crippen molar-refractivity contribution in [3.63, 3.8) is 0 Å². The molecule has 0 atom stereocenters. The van der Waals surface area contributed by atoms with Crippen LogP contribution in [0, 0.1) is 6.92 Å². The summed E-state index contributed by atoms with van der Waals surface area (Å²) in [5, 5.41) is 5.99. The largest absolute Gasteiger partial charge is 0.456 e. The van der Waals surface area contributed by atoms with Crippen LogP contribution in [0.15, 0.2) is 53.1 Å². The van der Waals surface area contributed by atoms with Crippen molar-refractivity contribution in [2.75, 3.05) is 6.54 Å². The van der Waals surface area contributed by atoms with Gasteiger partial charge in [-0.25, -0.2) is 0 Å². The van der Waals surface area contributed by atoms with E-state index in [4.69, 9.17) is 9.26 Å². The zero-order valence-corrected chi connectivity index (χ0v) is 15.7. The van der Waals surface area contributed by atoms with Gasteiger partial charge in [-0.1, -0.05) is 22.9 Å². The van der Waals surface area contributed by atoms with E-state index in [-0.39, 0.29) is 23.9 Å². The van der Waals surface area contributed by atoms with Crippen LogP contribution in [0.5, 0.6) is 0 Å². The van der Waals surface area contributed by atoms with E-state index in [1.807, 2.05) is 31.2 Å². The summed E-state index contributed by atoms with van der Waals surface area (Å²) in [6.07, 6.45) is -4.49. The number of amides is 1. The second kappa shape index (κ2) is 8.76. The smallest absolute Gasteiger partial charge is 0.416 e. The molecule has 0 aliphatic carbocycles. The number of carbonyl (C=O) groups is 2. The third-order valence-electron chi connectivity index (χ3n) is 4.00. The summed E-state index contributed by atoms with van der Waals surface area (Å²) in [6.45, 7) is 1.21. The van der Waals surface area contributed by atoms with Crippen molar-refractivity contribution < 1.29 is 32.0 Å². The predicted octanol–water partition coefficient (Wildman–Crippen LogP) is 3.54. The first kappa shape index (κ1) is 21.0. The molecule has 0 aliphatic rings. The maximum Gasteiger partial charge on any atom is 0.416 e. The number of alkyl halides is 3. The number of hydrogen-bond acceptors (Lipinski definition) is 6. The Bertz CT molecular complexity index is 1030. The molecule has 156 valence electrons. The van der Waals surface area contributed by atoms with Crippen molar-refractivity contribution in [1.29, 1.82) is 0 Å². The molecule has 7 nitrogen and oxygen atoms in total. The fourth-order valence-electron chi connectivity index (χ4n) is 2.39. The normalized spacial score (nSPS) is 11.2. The van der Waals surface area contributed by atoms with E-state index in [0.29, 0.717) is 0 Å². The average molecular weight is 419 g/mol. The highest BCUT2D eigenvalue weighted by Crippen LogP contribution is 2.29. The fourth-order valence-corrected chi connectivity index (χ4v) is 2.39. The number of esters is 1. The SMILES string of the molecule is Cc1ccc(-c2nc(COC(=O)CNC(=O)c3ccc(C(F)(F)F)cc3)no2)cc1. The lowest BCUT2D eigenvalue weighted by molar-refractivity contribution is -0.144. The van der Waals surface area contributed by atoms with E-state index >= 15 is 0 Å². The molecule has 30 heavy (non-hydrogen) atoms. The maximum absolute atomic E-state index is 12.5. The number of ether oxygens (including phenoxy) is 1. The molecule has 0 unspecified atom stereocenters. The summed E-state index contributed by atoms with van der Waals surface area (Å²) in [7, 11) is 0. The lowest BCUT2D eigenvalue weighted by Crippen LogP contribution is -2.30. The van der Waals surface area contributed by atoms with Crippen molar-refractivity contribution in [2.24, 2.45) is 0 Å². The summed E-state index contributed by atoms with van der Waals surface area (Å²) in [5.41, 5.74) is 0.903. The van der Waals surface area contributed by atoms with Gasteiger partial charge < -0.3 is 14.6 Å². The molecule has 1 heterocycles. The van der Waals surface area contributed by atoms with E-state index < -0.39 is 30.2 Å². The molecular weight excluding hydrogens is 403 g/mol. The van der Waals surface area contributed by atoms with Crippen molar-refractivity contribution in [1.82, 2.24) is 15.5 Å². The summed E-state index contributed by atoms with van der Waals surface area (Å²) in [5.74, 6) is -1.05. The van der Waals surface area contributed by atoms with Gasteiger partial charge >= 0.3 is 12.1 Å². The third-order valence-corrected chi connectivity index (χ3v) is 4.00. The number of aromatic nitrogens is 2. The third kappa shape index (κ3) is 5.43. The van der Waals surface area contributed by atoms with Gasteiger partial charge in [-0.15, -0.1) is 0 Å². The summed E-state index contributed by atoms with van der Waals surface area (Å²) < 4.78 is 47.7. The van der Waals surface area contributed by atoms with Crippen LogP contribution in [0.3, 0.4) is 0 Å². The van der Waals surface area contributed by atoms with Crippen LogP contribution in [0.1, 0.15) is 27.3 Å². The maximum atomic E-state index is 12.5. The molecule has 0 aliphatic heterocycles. The zero-order chi connectivity index (χ0) is 21.7. The van der Waals surface area contributed by atoms with E-state index in [0.717, 1.165) is 35.4 Å². The lowest BCUT2D eigenvalue weighted by atomic mass is 10.1. The molecule has 0 saturated heterocycles. The van der Waals surface area contributed by atoms with Crippen molar-refractivity contribution in [3.05, 3.63) is 71.0 Å². The predicted molar refractivity (Wildman–Crippen MR) is 98.0 cm³/mol. The van der Waals surface area contributed by atoms with Gasteiger partial charge in [-0.05, 0) is 43.3 Å². The number of benzene rings is 2. The Labute approximate surface area is 168 Å². The van der Waals surface area contributed by atoms with Crippen LogP contribution >= 0.6 is 0 Å². The van der Waals surface area contributed by atoms with E-state index in [1.54, 1.807) is 0 Å². The highest BCUT2D eigenvalue weighted by Gasteiger charge is 2.30. The molecule has 0 saturated carbocycles. The van der Waals surface area contributed by atoms with Gasteiger partial charge in [0.25, 0.3) is 11.8 Å². The molecule has 1 amide bonds. The van der Waals surface area contributed by atoms with Gasteiger partial charge in [0.2, 0.25) is 5.82 Å². The van der Waals surface area contributed by atoms with Gasteiger partial charge in [0, 0.05) is 11.1 Å². The highest BCUT2D eigenvalue weighted by molar-refractivity contribution is 5.95. The molecule has 10 heteroatoms. The van der Waals surface area contributed by atoms with Crippen molar-refractivity contribution in [3.8, 4) is 11.5 Å². The Morgan fingerprint density at radius 3 is 2.37 bits per heavy atom. The minimum absolute atomic E-state index is 0.0169.